The molecular formula is C25H32ClN5O2S. The van der Waals surface area contributed by atoms with Crippen LogP contribution in [0.2, 0.25) is 5.02 Å². The quantitative estimate of drug-likeness (QED) is 0.368. The molecule has 1 aromatic heterocycles. The fourth-order valence-electron chi connectivity index (χ4n) is 4.38. The van der Waals surface area contributed by atoms with Gasteiger partial charge in [0.25, 0.3) is 0 Å². The number of hydrogen-bond acceptors (Lipinski definition) is 6. The highest BCUT2D eigenvalue weighted by Crippen LogP contribution is 2.30. The summed E-state index contributed by atoms with van der Waals surface area (Å²) in [7, 11) is -3.60. The van der Waals surface area contributed by atoms with Crippen molar-refractivity contribution < 1.29 is 8.42 Å². The van der Waals surface area contributed by atoms with Crippen LogP contribution in [0.1, 0.15) is 39.5 Å². The van der Waals surface area contributed by atoms with Crippen LogP contribution in [0.3, 0.4) is 0 Å². The topological polar surface area (TPSA) is 96.0 Å². The number of para-hydroxylation sites is 1. The van der Waals surface area contributed by atoms with E-state index in [1.807, 2.05) is 24.3 Å². The predicted octanol–water partition coefficient (Wildman–Crippen LogP) is 5.30. The maximum Gasteiger partial charge on any atom is 0.242 e. The standard InChI is InChI=1S/C25H32ClN5O2S/c1-17(2)29-24-20-7-3-5-9-22(20)30-25(31-24)27-15-18-11-13-19(14-12-18)16-28-34(32,33)23-10-6-4-8-21(23)26/h3-10,17-19,28H,11-16H2,1-2H3,(H2,27,29,30,31). The number of fused-ring (bicyclic) bond motifs is 1. The van der Waals surface area contributed by atoms with Gasteiger partial charge in [0, 0.05) is 24.5 Å². The molecule has 3 aromatic rings. The van der Waals surface area contributed by atoms with Crippen molar-refractivity contribution in [3.05, 3.63) is 53.6 Å². The van der Waals surface area contributed by atoms with Gasteiger partial charge >= 0.3 is 0 Å². The zero-order chi connectivity index (χ0) is 24.1. The van der Waals surface area contributed by atoms with Gasteiger partial charge < -0.3 is 10.6 Å². The number of anilines is 2. The molecule has 1 heterocycles. The van der Waals surface area contributed by atoms with E-state index in [0.717, 1.165) is 48.9 Å². The molecule has 34 heavy (non-hydrogen) atoms. The largest absolute Gasteiger partial charge is 0.367 e. The first-order chi connectivity index (χ1) is 16.3. The SMILES string of the molecule is CC(C)Nc1nc(NCC2CCC(CNS(=O)(=O)c3ccccc3Cl)CC2)nc2ccccc12. The van der Waals surface area contributed by atoms with Crippen molar-refractivity contribution in [3.63, 3.8) is 0 Å². The Balaban J connectivity index is 1.29. The number of nitrogens with one attached hydrogen (secondary N) is 3. The lowest BCUT2D eigenvalue weighted by Crippen LogP contribution is -2.32. The van der Waals surface area contributed by atoms with E-state index in [-0.39, 0.29) is 16.0 Å². The Morgan fingerprint density at radius 3 is 2.29 bits per heavy atom. The molecule has 0 saturated heterocycles. The van der Waals surface area contributed by atoms with Gasteiger partial charge in [-0.1, -0.05) is 35.9 Å². The summed E-state index contributed by atoms with van der Waals surface area (Å²) in [6.07, 6.45) is 4.04. The second-order valence-corrected chi connectivity index (χ2v) is 11.4. The molecule has 0 unspecified atom stereocenters. The Morgan fingerprint density at radius 1 is 0.941 bits per heavy atom. The Bertz CT molecular complexity index is 1230. The van der Waals surface area contributed by atoms with Crippen LogP contribution in [-0.2, 0) is 10.0 Å². The van der Waals surface area contributed by atoms with Crippen LogP contribution in [0, 0.1) is 11.8 Å². The minimum atomic E-state index is -3.60. The molecule has 0 amide bonds. The molecule has 1 aliphatic rings. The second kappa shape index (κ2) is 10.9. The van der Waals surface area contributed by atoms with Crippen LogP contribution >= 0.6 is 11.6 Å². The average molecular weight is 502 g/mol. The monoisotopic (exact) mass is 501 g/mol. The highest BCUT2D eigenvalue weighted by atomic mass is 35.5. The van der Waals surface area contributed by atoms with Crippen molar-refractivity contribution in [2.45, 2.75) is 50.5 Å². The maximum absolute atomic E-state index is 12.6. The van der Waals surface area contributed by atoms with E-state index in [1.165, 1.54) is 6.07 Å². The Labute approximate surface area is 206 Å². The lowest BCUT2D eigenvalue weighted by Gasteiger charge is -2.28. The van der Waals surface area contributed by atoms with Crippen molar-refractivity contribution in [2.75, 3.05) is 23.7 Å². The smallest absolute Gasteiger partial charge is 0.242 e. The van der Waals surface area contributed by atoms with E-state index >= 15 is 0 Å². The van der Waals surface area contributed by atoms with Crippen molar-refractivity contribution in [2.24, 2.45) is 11.8 Å². The zero-order valence-electron chi connectivity index (χ0n) is 19.6. The molecule has 3 N–H and O–H groups in total. The van der Waals surface area contributed by atoms with Gasteiger partial charge in [-0.3, -0.25) is 0 Å². The first-order valence-corrected chi connectivity index (χ1v) is 13.7. The molecule has 9 heteroatoms. The summed E-state index contributed by atoms with van der Waals surface area (Å²) in [6.45, 7) is 5.43. The Morgan fingerprint density at radius 2 is 1.59 bits per heavy atom. The van der Waals surface area contributed by atoms with E-state index in [1.54, 1.807) is 18.2 Å². The van der Waals surface area contributed by atoms with E-state index < -0.39 is 10.0 Å². The summed E-state index contributed by atoms with van der Waals surface area (Å²) in [5.41, 5.74) is 0.915. The molecule has 182 valence electrons. The number of halogens is 1. The fourth-order valence-corrected chi connectivity index (χ4v) is 6.02. The number of benzene rings is 2. The first kappa shape index (κ1) is 24.7. The molecule has 7 nitrogen and oxygen atoms in total. The first-order valence-electron chi connectivity index (χ1n) is 11.8. The second-order valence-electron chi connectivity index (χ2n) is 9.26. The molecule has 0 bridgehead atoms. The summed E-state index contributed by atoms with van der Waals surface area (Å²) in [6, 6.07) is 14.8. The van der Waals surface area contributed by atoms with E-state index in [2.05, 4.69) is 34.2 Å². The summed E-state index contributed by atoms with van der Waals surface area (Å²) in [5.74, 6) is 2.31. The Kier molecular flexibility index (Phi) is 7.91. The number of hydrogen-bond donors (Lipinski definition) is 3. The molecule has 0 aliphatic heterocycles. The fraction of sp³-hybridized carbons (Fsp3) is 0.440. The van der Waals surface area contributed by atoms with Crippen LogP contribution in [0.15, 0.2) is 53.4 Å². The number of aromatic nitrogens is 2. The molecule has 0 atom stereocenters. The van der Waals surface area contributed by atoms with Crippen molar-refractivity contribution in [1.82, 2.24) is 14.7 Å². The van der Waals surface area contributed by atoms with Gasteiger partial charge in [0.2, 0.25) is 16.0 Å². The van der Waals surface area contributed by atoms with Gasteiger partial charge in [-0.15, -0.1) is 0 Å². The maximum atomic E-state index is 12.6. The van der Waals surface area contributed by atoms with Crippen LogP contribution in [0.4, 0.5) is 11.8 Å². The Hall–Kier alpha value is -2.42. The van der Waals surface area contributed by atoms with Crippen LogP contribution < -0.4 is 15.4 Å². The average Bonchev–Trinajstić information content (AvgIpc) is 2.82. The summed E-state index contributed by atoms with van der Waals surface area (Å²) in [5, 5.41) is 8.11. The molecular weight excluding hydrogens is 470 g/mol. The zero-order valence-corrected chi connectivity index (χ0v) is 21.2. The lowest BCUT2D eigenvalue weighted by molar-refractivity contribution is 0.284. The third kappa shape index (κ3) is 6.17. The highest BCUT2D eigenvalue weighted by molar-refractivity contribution is 7.89. The molecule has 1 fully saturated rings. The minimum Gasteiger partial charge on any atom is -0.367 e. The summed E-state index contributed by atoms with van der Waals surface area (Å²) in [4.78, 5) is 9.53. The highest BCUT2D eigenvalue weighted by Gasteiger charge is 2.24. The van der Waals surface area contributed by atoms with Crippen molar-refractivity contribution >= 4 is 44.3 Å². The van der Waals surface area contributed by atoms with Crippen LogP contribution in [-0.4, -0.2) is 37.5 Å². The van der Waals surface area contributed by atoms with Gasteiger partial charge in [0.1, 0.15) is 10.7 Å². The molecule has 4 rings (SSSR count). The van der Waals surface area contributed by atoms with Crippen LogP contribution in [0.5, 0.6) is 0 Å². The molecule has 0 radical (unpaired) electrons. The predicted molar refractivity (Wildman–Crippen MR) is 139 cm³/mol. The number of rotatable bonds is 9. The number of nitrogens with zero attached hydrogens (tertiary/aromatic N) is 2. The normalized spacial score (nSPS) is 18.8. The van der Waals surface area contributed by atoms with Gasteiger partial charge in [0.05, 0.1) is 10.5 Å². The summed E-state index contributed by atoms with van der Waals surface area (Å²) >= 11 is 6.06. The third-order valence-electron chi connectivity index (χ3n) is 6.23. The van der Waals surface area contributed by atoms with E-state index in [4.69, 9.17) is 16.6 Å². The van der Waals surface area contributed by atoms with Crippen molar-refractivity contribution in [3.8, 4) is 0 Å². The molecule has 1 aliphatic carbocycles. The molecule has 0 spiro atoms. The van der Waals surface area contributed by atoms with E-state index in [0.29, 0.717) is 24.3 Å². The van der Waals surface area contributed by atoms with E-state index in [9.17, 15) is 8.42 Å². The van der Waals surface area contributed by atoms with Gasteiger partial charge in [-0.05, 0) is 75.6 Å². The van der Waals surface area contributed by atoms with Gasteiger partial charge in [-0.2, -0.15) is 4.98 Å². The molecule has 2 aromatic carbocycles. The summed E-state index contributed by atoms with van der Waals surface area (Å²) < 4.78 is 27.9. The number of sulfonamides is 1. The lowest BCUT2D eigenvalue weighted by atomic mass is 9.82. The van der Waals surface area contributed by atoms with Gasteiger partial charge in [0.15, 0.2) is 0 Å². The van der Waals surface area contributed by atoms with Crippen molar-refractivity contribution in [1.29, 1.82) is 0 Å². The molecule has 1 saturated carbocycles. The van der Waals surface area contributed by atoms with Gasteiger partial charge in [-0.25, -0.2) is 18.1 Å². The van der Waals surface area contributed by atoms with Crippen LogP contribution in [0.25, 0.3) is 10.9 Å². The third-order valence-corrected chi connectivity index (χ3v) is 8.16. The minimum absolute atomic E-state index is 0.135.